The number of sulfonamides is 1. The van der Waals surface area contributed by atoms with E-state index in [9.17, 15) is 13.2 Å². The number of benzene rings is 2. The van der Waals surface area contributed by atoms with Gasteiger partial charge >= 0.3 is 0 Å². The molecule has 0 radical (unpaired) electrons. The number of aromatic nitrogens is 1. The molecular weight excluding hydrogens is 520 g/mol. The van der Waals surface area contributed by atoms with Crippen molar-refractivity contribution in [1.82, 2.24) is 14.2 Å². The minimum Gasteiger partial charge on any atom is -0.492 e. The van der Waals surface area contributed by atoms with Gasteiger partial charge in [0, 0.05) is 31.7 Å². The Morgan fingerprint density at radius 3 is 2.39 bits per heavy atom. The molecule has 1 aliphatic rings. The molecule has 0 unspecified atom stereocenters. The van der Waals surface area contributed by atoms with Crippen LogP contribution in [-0.2, 0) is 10.0 Å². The van der Waals surface area contributed by atoms with Crippen LogP contribution in [0.2, 0.25) is 0 Å². The van der Waals surface area contributed by atoms with Gasteiger partial charge in [0.25, 0.3) is 5.91 Å². The molecule has 0 bridgehead atoms. The van der Waals surface area contributed by atoms with E-state index in [1.165, 1.54) is 27.8 Å². The zero-order valence-electron chi connectivity index (χ0n) is 20.8. The first kappa shape index (κ1) is 28.3. The topological polar surface area (TPSA) is 83.0 Å². The monoisotopic (exact) mass is 552 g/mol. The average molecular weight is 553 g/mol. The second-order valence-electron chi connectivity index (χ2n) is 8.78. The van der Waals surface area contributed by atoms with Crippen molar-refractivity contribution in [3.8, 4) is 5.75 Å². The fourth-order valence-electron chi connectivity index (χ4n) is 4.06. The quantitative estimate of drug-likeness (QED) is 0.389. The normalized spacial score (nSPS) is 14.6. The van der Waals surface area contributed by atoms with Crippen LogP contribution in [0.25, 0.3) is 10.2 Å². The summed E-state index contributed by atoms with van der Waals surface area (Å²) < 4.78 is 34.2. The number of thiazole rings is 1. The third-order valence-corrected chi connectivity index (χ3v) is 8.93. The smallest absolute Gasteiger partial charge is 0.260 e. The van der Waals surface area contributed by atoms with Gasteiger partial charge in [0.05, 0.1) is 16.2 Å². The molecule has 2 aromatic carbocycles. The third-order valence-electron chi connectivity index (χ3n) is 5.97. The summed E-state index contributed by atoms with van der Waals surface area (Å²) in [6.45, 7) is 4.65. The molecule has 0 spiro atoms. The summed E-state index contributed by atoms with van der Waals surface area (Å²) in [5.74, 6) is 0.477. The molecule has 11 heteroatoms. The molecule has 1 amide bonds. The number of piperidine rings is 1. The molecule has 0 aliphatic carbocycles. The molecule has 36 heavy (non-hydrogen) atoms. The highest BCUT2D eigenvalue weighted by atomic mass is 35.5. The van der Waals surface area contributed by atoms with Gasteiger partial charge in [-0.1, -0.05) is 23.8 Å². The number of carbonyl (C=O) groups excluding carboxylic acids is 1. The number of nitrogens with zero attached hydrogens (tertiary/aromatic N) is 4. The highest BCUT2D eigenvalue weighted by Crippen LogP contribution is 2.35. The number of para-hydroxylation sites is 1. The van der Waals surface area contributed by atoms with Crippen LogP contribution in [0.1, 0.15) is 36.5 Å². The fraction of sp³-hybridized carbons (Fsp3) is 0.440. The van der Waals surface area contributed by atoms with E-state index < -0.39 is 10.0 Å². The Balaban J connectivity index is 0.00000361. The van der Waals surface area contributed by atoms with Gasteiger partial charge in [-0.25, -0.2) is 13.4 Å². The summed E-state index contributed by atoms with van der Waals surface area (Å²) in [7, 11) is 0.357. The molecule has 3 aromatic rings. The average Bonchev–Trinajstić information content (AvgIpc) is 3.29. The fourth-order valence-corrected chi connectivity index (χ4v) is 6.59. The second-order valence-corrected chi connectivity index (χ2v) is 11.7. The maximum Gasteiger partial charge on any atom is 0.260 e. The number of fused-ring (bicyclic) bond motifs is 1. The first-order valence-electron chi connectivity index (χ1n) is 11.9. The summed E-state index contributed by atoms with van der Waals surface area (Å²) in [5, 5.41) is 0.587. The van der Waals surface area contributed by atoms with Gasteiger partial charge in [0.15, 0.2) is 5.13 Å². The van der Waals surface area contributed by atoms with Gasteiger partial charge in [0.1, 0.15) is 11.3 Å². The lowest BCUT2D eigenvalue weighted by Crippen LogP contribution is -2.37. The number of hydrogen-bond donors (Lipinski definition) is 0. The van der Waals surface area contributed by atoms with Crippen molar-refractivity contribution in [3.63, 3.8) is 0 Å². The van der Waals surface area contributed by atoms with Crippen molar-refractivity contribution in [3.05, 3.63) is 48.0 Å². The summed E-state index contributed by atoms with van der Waals surface area (Å²) >= 11 is 1.44. The Hall–Kier alpha value is -2.24. The first-order chi connectivity index (χ1) is 16.8. The summed E-state index contributed by atoms with van der Waals surface area (Å²) in [5.41, 5.74) is 1.16. The zero-order chi connectivity index (χ0) is 25.0. The molecule has 4 rings (SSSR count). The van der Waals surface area contributed by atoms with E-state index in [2.05, 4.69) is 0 Å². The van der Waals surface area contributed by atoms with E-state index >= 15 is 0 Å². The van der Waals surface area contributed by atoms with Crippen molar-refractivity contribution in [2.24, 2.45) is 0 Å². The number of rotatable bonds is 9. The molecule has 0 N–H and O–H groups in total. The summed E-state index contributed by atoms with van der Waals surface area (Å²) in [4.78, 5) is 22.2. The number of ether oxygens (including phenoxy) is 1. The van der Waals surface area contributed by atoms with Crippen LogP contribution in [0.5, 0.6) is 5.75 Å². The van der Waals surface area contributed by atoms with Crippen LogP contribution >= 0.6 is 23.7 Å². The molecule has 0 atom stereocenters. The minimum atomic E-state index is -3.55. The number of anilines is 1. The largest absolute Gasteiger partial charge is 0.492 e. The lowest BCUT2D eigenvalue weighted by molar-refractivity contribution is 0.0985. The minimum absolute atomic E-state index is 0. The number of carbonyl (C=O) groups is 1. The van der Waals surface area contributed by atoms with Gasteiger partial charge in [-0.2, -0.15) is 4.31 Å². The van der Waals surface area contributed by atoms with E-state index in [0.717, 1.165) is 29.5 Å². The summed E-state index contributed by atoms with van der Waals surface area (Å²) in [6, 6.07) is 12.0. The van der Waals surface area contributed by atoms with Crippen molar-refractivity contribution >= 4 is 55.0 Å². The van der Waals surface area contributed by atoms with Crippen LogP contribution < -0.4 is 9.64 Å². The van der Waals surface area contributed by atoms with Crippen LogP contribution in [0, 0.1) is 0 Å². The Bertz CT molecular complexity index is 1270. The molecule has 196 valence electrons. The predicted molar refractivity (Wildman–Crippen MR) is 147 cm³/mol. The molecular formula is C25H33ClN4O4S2. The van der Waals surface area contributed by atoms with E-state index in [1.807, 2.05) is 44.1 Å². The Labute approximate surface area is 223 Å². The van der Waals surface area contributed by atoms with Crippen molar-refractivity contribution in [2.45, 2.75) is 31.1 Å². The van der Waals surface area contributed by atoms with E-state index in [-0.39, 0.29) is 23.2 Å². The van der Waals surface area contributed by atoms with Crippen LogP contribution in [0.3, 0.4) is 0 Å². The molecule has 0 saturated carbocycles. The Morgan fingerprint density at radius 2 is 1.75 bits per heavy atom. The van der Waals surface area contributed by atoms with E-state index in [0.29, 0.717) is 49.2 Å². The van der Waals surface area contributed by atoms with Crippen molar-refractivity contribution in [2.75, 3.05) is 51.8 Å². The van der Waals surface area contributed by atoms with Crippen LogP contribution in [-0.4, -0.2) is 75.4 Å². The second kappa shape index (κ2) is 12.3. The summed E-state index contributed by atoms with van der Waals surface area (Å²) in [6.07, 6.45) is 2.81. The lowest BCUT2D eigenvalue weighted by atomic mass is 10.2. The van der Waals surface area contributed by atoms with Crippen LogP contribution in [0.15, 0.2) is 47.4 Å². The molecule has 2 heterocycles. The standard InChI is InChI=1S/C25H32N4O4S2.ClH/c1-4-33-21-9-8-10-22-23(21)26-25(34-22)29(18-17-27(2)3)24(30)19-11-13-20(14-12-19)35(31,32)28-15-6-5-7-16-28;/h8-14H,4-7,15-18H2,1-3H3;1H. The van der Waals surface area contributed by atoms with E-state index in [4.69, 9.17) is 9.72 Å². The Kier molecular flexibility index (Phi) is 9.71. The number of amides is 1. The van der Waals surface area contributed by atoms with Crippen molar-refractivity contribution in [1.29, 1.82) is 0 Å². The van der Waals surface area contributed by atoms with Crippen molar-refractivity contribution < 1.29 is 17.9 Å². The highest BCUT2D eigenvalue weighted by Gasteiger charge is 2.27. The van der Waals surface area contributed by atoms with Gasteiger partial charge in [-0.3, -0.25) is 9.69 Å². The zero-order valence-corrected chi connectivity index (χ0v) is 23.3. The number of likely N-dealkylation sites (N-methyl/N-ethyl adjacent to an activating group) is 1. The Morgan fingerprint density at radius 1 is 1.06 bits per heavy atom. The van der Waals surface area contributed by atoms with Gasteiger partial charge in [0.2, 0.25) is 10.0 Å². The molecule has 8 nitrogen and oxygen atoms in total. The number of halogens is 1. The maximum absolute atomic E-state index is 13.6. The van der Waals surface area contributed by atoms with Gasteiger partial charge in [-0.05, 0) is 70.3 Å². The molecule has 1 fully saturated rings. The first-order valence-corrected chi connectivity index (χ1v) is 14.2. The number of hydrogen-bond acceptors (Lipinski definition) is 7. The highest BCUT2D eigenvalue weighted by molar-refractivity contribution is 7.89. The molecule has 1 aromatic heterocycles. The molecule has 1 aliphatic heterocycles. The lowest BCUT2D eigenvalue weighted by Gasteiger charge is -2.26. The predicted octanol–water partition coefficient (Wildman–Crippen LogP) is 4.50. The maximum atomic E-state index is 13.6. The van der Waals surface area contributed by atoms with Gasteiger partial charge < -0.3 is 9.64 Å². The third kappa shape index (κ3) is 6.18. The van der Waals surface area contributed by atoms with Crippen LogP contribution in [0.4, 0.5) is 5.13 Å². The SMILES string of the molecule is CCOc1cccc2sc(N(CCN(C)C)C(=O)c3ccc(S(=O)(=O)N4CCCCC4)cc3)nc12.Cl. The van der Waals surface area contributed by atoms with Gasteiger partial charge in [-0.15, -0.1) is 12.4 Å². The molecule has 1 saturated heterocycles. The van der Waals surface area contributed by atoms with E-state index in [1.54, 1.807) is 17.0 Å².